The molecule has 0 bridgehead atoms. The maximum Gasteiger partial charge on any atom is 0.315 e. The first-order valence-electron chi connectivity index (χ1n) is 11.5. The minimum absolute atomic E-state index is 0.0348. The molecule has 4 rings (SSSR count). The predicted octanol–water partition coefficient (Wildman–Crippen LogP) is 4.91. The molecule has 2 aliphatic carbocycles. The summed E-state index contributed by atoms with van der Waals surface area (Å²) in [5.74, 6) is 0.783. The van der Waals surface area contributed by atoms with Gasteiger partial charge in [-0.15, -0.1) is 0 Å². The predicted molar refractivity (Wildman–Crippen MR) is 125 cm³/mol. The van der Waals surface area contributed by atoms with Gasteiger partial charge in [0.1, 0.15) is 0 Å². The van der Waals surface area contributed by atoms with Crippen molar-refractivity contribution in [2.45, 2.75) is 70.0 Å². The van der Waals surface area contributed by atoms with E-state index in [2.05, 4.69) is 33.4 Å². The number of benzene rings is 1. The zero-order valence-corrected chi connectivity index (χ0v) is 19.4. The van der Waals surface area contributed by atoms with Crippen LogP contribution in [0.25, 0.3) is 0 Å². The third-order valence-electron chi connectivity index (χ3n) is 6.90. The average molecular weight is 453 g/mol. The number of hydrogen-bond donors (Lipinski definition) is 2. The summed E-state index contributed by atoms with van der Waals surface area (Å²) in [6.07, 6.45) is 8.20. The Labute approximate surface area is 190 Å². The Morgan fingerprint density at radius 3 is 2.33 bits per heavy atom. The molecule has 1 atom stereocenters. The molecule has 0 spiro atoms. The van der Waals surface area contributed by atoms with Gasteiger partial charge in [-0.1, -0.05) is 29.3 Å². The van der Waals surface area contributed by atoms with Crippen LogP contribution in [0, 0.1) is 5.92 Å². The fourth-order valence-electron chi connectivity index (χ4n) is 4.91. The maximum absolute atomic E-state index is 11.9. The lowest BCUT2D eigenvalue weighted by Crippen LogP contribution is -2.52. The van der Waals surface area contributed by atoms with Gasteiger partial charge >= 0.3 is 6.03 Å². The summed E-state index contributed by atoms with van der Waals surface area (Å²) in [6, 6.07) is 7.12. The molecule has 0 aromatic heterocycles. The lowest BCUT2D eigenvalue weighted by Gasteiger charge is -2.42. The first kappa shape index (κ1) is 22.0. The van der Waals surface area contributed by atoms with Crippen LogP contribution in [0.2, 0.25) is 10.0 Å². The number of nitrogens with one attached hydrogen (secondary N) is 2. The van der Waals surface area contributed by atoms with Gasteiger partial charge in [0.15, 0.2) is 0 Å². The Hall–Kier alpha value is -1.17. The van der Waals surface area contributed by atoms with Crippen LogP contribution in [0.3, 0.4) is 0 Å². The molecule has 7 heteroatoms. The molecule has 2 N–H and O–H groups in total. The van der Waals surface area contributed by atoms with Gasteiger partial charge in [0, 0.05) is 37.8 Å². The van der Waals surface area contributed by atoms with E-state index < -0.39 is 0 Å². The number of carbonyl (C=O) groups is 1. The van der Waals surface area contributed by atoms with Gasteiger partial charge in [-0.05, 0) is 76.5 Å². The summed E-state index contributed by atoms with van der Waals surface area (Å²) in [4.78, 5) is 16.9. The number of anilines is 1. The maximum atomic E-state index is 11.9. The zero-order chi connectivity index (χ0) is 21.1. The molecule has 2 amide bonds. The Balaban J connectivity index is 1.17. The molecule has 30 heavy (non-hydrogen) atoms. The van der Waals surface area contributed by atoms with E-state index in [9.17, 15) is 4.79 Å². The van der Waals surface area contributed by atoms with Crippen LogP contribution in [0.1, 0.15) is 51.9 Å². The first-order valence-corrected chi connectivity index (χ1v) is 12.2. The van der Waals surface area contributed by atoms with Crippen molar-refractivity contribution in [3.63, 3.8) is 0 Å². The molecule has 1 saturated heterocycles. The standard InChI is InChI=1S/C23H34Cl2N4O/c1-16-15-28(13-14-29(16)21-4-2-3-20(24)22(21)25)12-11-17-5-7-18(8-6-17)26-23(30)27-19-9-10-19/h2-4,16-19H,5-15H2,1H3,(H2,26,27,30)/t16-,17?,18?/m1/s1. The quantitative estimate of drug-likeness (QED) is 0.643. The minimum atomic E-state index is 0.0348. The first-order chi connectivity index (χ1) is 14.5. The highest BCUT2D eigenvalue weighted by Crippen LogP contribution is 2.34. The molecule has 1 aromatic carbocycles. The topological polar surface area (TPSA) is 47.6 Å². The number of hydrogen-bond acceptors (Lipinski definition) is 3. The third kappa shape index (κ3) is 5.74. The van der Waals surface area contributed by atoms with Gasteiger partial charge in [-0.25, -0.2) is 4.79 Å². The second kappa shape index (κ2) is 9.97. The van der Waals surface area contributed by atoms with Crippen LogP contribution in [0.5, 0.6) is 0 Å². The van der Waals surface area contributed by atoms with Crippen molar-refractivity contribution >= 4 is 34.9 Å². The van der Waals surface area contributed by atoms with Crippen molar-refractivity contribution < 1.29 is 4.79 Å². The van der Waals surface area contributed by atoms with E-state index in [1.165, 1.54) is 19.3 Å². The highest BCUT2D eigenvalue weighted by atomic mass is 35.5. The SMILES string of the molecule is C[C@@H]1CN(CCC2CCC(NC(=O)NC3CC3)CC2)CCN1c1cccc(Cl)c1Cl. The van der Waals surface area contributed by atoms with E-state index in [-0.39, 0.29) is 6.03 Å². The van der Waals surface area contributed by atoms with Crippen molar-refractivity contribution in [2.24, 2.45) is 5.92 Å². The van der Waals surface area contributed by atoms with Gasteiger partial charge in [0.05, 0.1) is 15.7 Å². The Bertz CT molecular complexity index is 734. The van der Waals surface area contributed by atoms with Crippen LogP contribution < -0.4 is 15.5 Å². The number of halogens is 2. The van der Waals surface area contributed by atoms with Crippen LogP contribution >= 0.6 is 23.2 Å². The van der Waals surface area contributed by atoms with E-state index in [1.54, 1.807) is 0 Å². The van der Waals surface area contributed by atoms with Gasteiger partial charge in [0.2, 0.25) is 0 Å². The fourth-order valence-corrected chi connectivity index (χ4v) is 5.31. The highest BCUT2D eigenvalue weighted by Gasteiger charge is 2.28. The van der Waals surface area contributed by atoms with E-state index in [4.69, 9.17) is 23.2 Å². The van der Waals surface area contributed by atoms with Crippen molar-refractivity contribution in [1.29, 1.82) is 0 Å². The van der Waals surface area contributed by atoms with Crippen molar-refractivity contribution in [3.8, 4) is 0 Å². The van der Waals surface area contributed by atoms with Crippen LogP contribution in [0.15, 0.2) is 18.2 Å². The fraction of sp³-hybridized carbons (Fsp3) is 0.696. The zero-order valence-electron chi connectivity index (χ0n) is 17.9. The lowest BCUT2D eigenvalue weighted by molar-refractivity contribution is 0.192. The molecule has 0 unspecified atom stereocenters. The summed E-state index contributed by atoms with van der Waals surface area (Å²) >= 11 is 12.7. The highest BCUT2D eigenvalue weighted by molar-refractivity contribution is 6.43. The molecule has 1 aliphatic heterocycles. The van der Waals surface area contributed by atoms with E-state index in [1.807, 2.05) is 12.1 Å². The van der Waals surface area contributed by atoms with Gasteiger partial charge in [-0.3, -0.25) is 4.90 Å². The van der Waals surface area contributed by atoms with E-state index in [0.29, 0.717) is 28.2 Å². The van der Waals surface area contributed by atoms with Gasteiger partial charge < -0.3 is 15.5 Å². The molecular formula is C23H34Cl2N4O. The molecule has 1 heterocycles. The van der Waals surface area contributed by atoms with Crippen molar-refractivity contribution in [1.82, 2.24) is 15.5 Å². The van der Waals surface area contributed by atoms with Gasteiger partial charge in [-0.2, -0.15) is 0 Å². The van der Waals surface area contributed by atoms with Gasteiger partial charge in [0.25, 0.3) is 0 Å². The lowest BCUT2D eigenvalue weighted by atomic mass is 9.84. The summed E-state index contributed by atoms with van der Waals surface area (Å²) in [5, 5.41) is 7.48. The summed E-state index contributed by atoms with van der Waals surface area (Å²) in [6.45, 7) is 6.53. The normalized spacial score (nSPS) is 27.7. The van der Waals surface area contributed by atoms with Crippen LogP contribution in [-0.4, -0.2) is 55.2 Å². The largest absolute Gasteiger partial charge is 0.365 e. The molecule has 1 aromatic rings. The van der Waals surface area contributed by atoms with Crippen LogP contribution in [-0.2, 0) is 0 Å². The van der Waals surface area contributed by atoms with Crippen LogP contribution in [0.4, 0.5) is 10.5 Å². The molecule has 2 saturated carbocycles. The smallest absolute Gasteiger partial charge is 0.315 e. The molecule has 0 radical (unpaired) electrons. The van der Waals surface area contributed by atoms with Crippen molar-refractivity contribution in [2.75, 3.05) is 31.1 Å². The Morgan fingerprint density at radius 2 is 1.70 bits per heavy atom. The Kier molecular flexibility index (Phi) is 7.32. The monoisotopic (exact) mass is 452 g/mol. The molecule has 3 aliphatic rings. The number of urea groups is 1. The second-order valence-electron chi connectivity index (χ2n) is 9.31. The third-order valence-corrected chi connectivity index (χ3v) is 7.71. The Morgan fingerprint density at radius 1 is 1.03 bits per heavy atom. The molecule has 3 fully saturated rings. The molecule has 5 nitrogen and oxygen atoms in total. The number of piperazine rings is 1. The summed E-state index contributed by atoms with van der Waals surface area (Å²) in [7, 11) is 0. The summed E-state index contributed by atoms with van der Waals surface area (Å²) in [5.41, 5.74) is 1.05. The van der Waals surface area contributed by atoms with E-state index in [0.717, 1.165) is 63.5 Å². The van der Waals surface area contributed by atoms with Crippen molar-refractivity contribution in [3.05, 3.63) is 28.2 Å². The second-order valence-corrected chi connectivity index (χ2v) is 10.1. The molecule has 166 valence electrons. The molecular weight excluding hydrogens is 419 g/mol. The number of rotatable bonds is 6. The summed E-state index contributed by atoms with van der Waals surface area (Å²) < 4.78 is 0. The number of nitrogens with zero attached hydrogens (tertiary/aromatic N) is 2. The average Bonchev–Trinajstić information content (AvgIpc) is 3.54. The van der Waals surface area contributed by atoms with E-state index >= 15 is 0 Å². The number of amides is 2. The number of carbonyl (C=O) groups excluding carboxylic acids is 1. The minimum Gasteiger partial charge on any atom is -0.365 e.